The molecule has 0 aliphatic heterocycles. The highest BCUT2D eigenvalue weighted by atomic mass is 79.9. The minimum atomic E-state index is 0.538. The van der Waals surface area contributed by atoms with Crippen LogP contribution in [0, 0.1) is 5.92 Å². The molecule has 102 valence electrons. The van der Waals surface area contributed by atoms with Gasteiger partial charge in [0.2, 0.25) is 0 Å². The fourth-order valence-electron chi connectivity index (χ4n) is 2.09. The first kappa shape index (κ1) is 14.6. The third kappa shape index (κ3) is 3.03. The van der Waals surface area contributed by atoms with Crippen molar-refractivity contribution in [3.8, 4) is 11.3 Å². The minimum Gasteiger partial charge on any atom is -0.384 e. The van der Waals surface area contributed by atoms with Crippen LogP contribution in [-0.4, -0.2) is 9.78 Å². The van der Waals surface area contributed by atoms with Crippen LogP contribution < -0.4 is 5.73 Å². The molecule has 0 fully saturated rings. The number of nitrogens with zero attached hydrogens (tertiary/aromatic N) is 2. The number of nitrogens with two attached hydrogens (primary N) is 1. The quantitative estimate of drug-likeness (QED) is 0.849. The molecule has 0 atom stereocenters. The molecule has 0 aliphatic rings. The molecular formula is C14H17Br2N3. The van der Waals surface area contributed by atoms with Crippen LogP contribution in [0.5, 0.6) is 0 Å². The van der Waals surface area contributed by atoms with Gasteiger partial charge in [0.15, 0.2) is 0 Å². The average Bonchev–Trinajstić information content (AvgIpc) is 2.60. The van der Waals surface area contributed by atoms with Crippen molar-refractivity contribution in [2.24, 2.45) is 13.0 Å². The highest BCUT2D eigenvalue weighted by Crippen LogP contribution is 2.35. The van der Waals surface area contributed by atoms with Crippen molar-refractivity contribution < 1.29 is 0 Å². The topological polar surface area (TPSA) is 43.8 Å². The van der Waals surface area contributed by atoms with Gasteiger partial charge in [-0.15, -0.1) is 0 Å². The van der Waals surface area contributed by atoms with Gasteiger partial charge in [0.05, 0.1) is 5.69 Å². The molecule has 0 saturated carbocycles. The van der Waals surface area contributed by atoms with E-state index in [1.165, 1.54) is 0 Å². The third-order valence-electron chi connectivity index (χ3n) is 2.99. The summed E-state index contributed by atoms with van der Waals surface area (Å²) in [7, 11) is 1.88. The van der Waals surface area contributed by atoms with Crippen LogP contribution >= 0.6 is 31.9 Å². The summed E-state index contributed by atoms with van der Waals surface area (Å²) in [6.07, 6.45) is 0.925. The second kappa shape index (κ2) is 5.67. The largest absolute Gasteiger partial charge is 0.384 e. The maximum absolute atomic E-state index is 6.15. The van der Waals surface area contributed by atoms with E-state index in [9.17, 15) is 0 Å². The number of anilines is 1. The van der Waals surface area contributed by atoms with Gasteiger partial charge in [-0.3, -0.25) is 4.68 Å². The number of halogens is 2. The molecule has 1 aromatic carbocycles. The maximum atomic E-state index is 6.15. The molecule has 1 heterocycles. The lowest BCUT2D eigenvalue weighted by atomic mass is 9.99. The van der Waals surface area contributed by atoms with E-state index in [4.69, 9.17) is 5.73 Å². The second-order valence-corrected chi connectivity index (χ2v) is 6.83. The summed E-state index contributed by atoms with van der Waals surface area (Å²) in [5.41, 5.74) is 9.30. The van der Waals surface area contributed by atoms with Gasteiger partial charge in [-0.1, -0.05) is 45.7 Å². The number of hydrogen-bond acceptors (Lipinski definition) is 2. The standard InChI is InChI=1S/C14H17Br2N3/c1-8(2)6-11-13(18-19(3)14(11)17)10-7-9(15)4-5-12(10)16/h4-5,7-8H,6,17H2,1-3H3. The van der Waals surface area contributed by atoms with Gasteiger partial charge in [-0.25, -0.2) is 0 Å². The third-order valence-corrected chi connectivity index (χ3v) is 4.17. The Morgan fingerprint density at radius 2 is 2.00 bits per heavy atom. The van der Waals surface area contributed by atoms with E-state index in [-0.39, 0.29) is 0 Å². The number of aromatic nitrogens is 2. The Balaban J connectivity index is 2.61. The molecule has 2 N–H and O–H groups in total. The molecule has 0 amide bonds. The summed E-state index contributed by atoms with van der Waals surface area (Å²) in [6, 6.07) is 6.08. The Hall–Kier alpha value is -0.810. The molecule has 19 heavy (non-hydrogen) atoms. The molecule has 5 heteroatoms. The predicted molar refractivity (Wildman–Crippen MR) is 87.0 cm³/mol. The first-order chi connectivity index (χ1) is 8.90. The normalized spacial score (nSPS) is 11.3. The lowest BCUT2D eigenvalue weighted by Crippen LogP contribution is -2.02. The molecule has 0 saturated heterocycles. The monoisotopic (exact) mass is 385 g/mol. The molecular weight excluding hydrogens is 370 g/mol. The molecule has 0 bridgehead atoms. The number of nitrogen functional groups attached to an aromatic ring is 1. The minimum absolute atomic E-state index is 0.538. The first-order valence-corrected chi connectivity index (χ1v) is 7.75. The van der Waals surface area contributed by atoms with E-state index in [1.807, 2.05) is 19.2 Å². The van der Waals surface area contributed by atoms with Gasteiger partial charge >= 0.3 is 0 Å². The first-order valence-electron chi connectivity index (χ1n) is 6.17. The Bertz CT molecular complexity index is 603. The van der Waals surface area contributed by atoms with E-state index in [2.05, 4.69) is 56.9 Å². The number of rotatable bonds is 3. The van der Waals surface area contributed by atoms with Gasteiger partial charge in [0.1, 0.15) is 5.82 Å². The van der Waals surface area contributed by atoms with Crippen molar-refractivity contribution in [1.29, 1.82) is 0 Å². The van der Waals surface area contributed by atoms with Crippen LogP contribution in [-0.2, 0) is 13.5 Å². The van der Waals surface area contributed by atoms with Gasteiger partial charge < -0.3 is 5.73 Å². The summed E-state index contributed by atoms with van der Waals surface area (Å²) in [4.78, 5) is 0. The predicted octanol–water partition coefficient (Wildman–Crippen LogP) is 4.39. The Morgan fingerprint density at radius 3 is 2.63 bits per heavy atom. The van der Waals surface area contributed by atoms with Crippen LogP contribution in [0.3, 0.4) is 0 Å². The molecule has 3 nitrogen and oxygen atoms in total. The van der Waals surface area contributed by atoms with E-state index >= 15 is 0 Å². The molecule has 0 aliphatic carbocycles. The number of aryl methyl sites for hydroxylation is 1. The van der Waals surface area contributed by atoms with Gasteiger partial charge in [0, 0.05) is 27.1 Å². The summed E-state index contributed by atoms with van der Waals surface area (Å²) >= 11 is 7.10. The highest BCUT2D eigenvalue weighted by molar-refractivity contribution is 9.11. The van der Waals surface area contributed by atoms with Crippen LogP contribution in [0.4, 0.5) is 5.82 Å². The highest BCUT2D eigenvalue weighted by Gasteiger charge is 2.18. The number of hydrogen-bond donors (Lipinski definition) is 1. The molecule has 2 rings (SSSR count). The zero-order valence-corrected chi connectivity index (χ0v) is 14.4. The maximum Gasteiger partial charge on any atom is 0.125 e. The van der Waals surface area contributed by atoms with Crippen LogP contribution in [0.25, 0.3) is 11.3 Å². The van der Waals surface area contributed by atoms with Gasteiger partial charge in [0.25, 0.3) is 0 Å². The molecule has 1 aromatic heterocycles. The van der Waals surface area contributed by atoms with Crippen molar-refractivity contribution >= 4 is 37.7 Å². The van der Waals surface area contributed by atoms with E-state index in [1.54, 1.807) is 4.68 Å². The van der Waals surface area contributed by atoms with Crippen LogP contribution in [0.15, 0.2) is 27.1 Å². The molecule has 0 spiro atoms. The molecule has 2 aromatic rings. The Morgan fingerprint density at radius 1 is 1.32 bits per heavy atom. The summed E-state index contributed by atoms with van der Waals surface area (Å²) < 4.78 is 3.81. The van der Waals surface area contributed by atoms with E-state index in [0.717, 1.165) is 38.0 Å². The summed E-state index contributed by atoms with van der Waals surface area (Å²) in [5, 5.41) is 4.58. The van der Waals surface area contributed by atoms with Crippen LogP contribution in [0.1, 0.15) is 19.4 Å². The smallest absolute Gasteiger partial charge is 0.125 e. The fourth-order valence-corrected chi connectivity index (χ4v) is 2.88. The van der Waals surface area contributed by atoms with Crippen molar-refractivity contribution in [3.63, 3.8) is 0 Å². The van der Waals surface area contributed by atoms with E-state index in [0.29, 0.717) is 5.92 Å². The zero-order chi connectivity index (χ0) is 14.2. The Kier molecular flexibility index (Phi) is 4.36. The Labute approximate surface area is 130 Å². The lowest BCUT2D eigenvalue weighted by Gasteiger charge is -2.08. The van der Waals surface area contributed by atoms with Gasteiger partial charge in [-0.2, -0.15) is 5.10 Å². The van der Waals surface area contributed by atoms with E-state index < -0.39 is 0 Å². The second-order valence-electron chi connectivity index (χ2n) is 5.06. The zero-order valence-electron chi connectivity index (χ0n) is 11.2. The summed E-state index contributed by atoms with van der Waals surface area (Å²) in [5.74, 6) is 1.28. The van der Waals surface area contributed by atoms with Crippen molar-refractivity contribution in [2.45, 2.75) is 20.3 Å². The molecule has 0 unspecified atom stereocenters. The number of benzene rings is 1. The van der Waals surface area contributed by atoms with Crippen molar-refractivity contribution in [2.75, 3.05) is 5.73 Å². The van der Waals surface area contributed by atoms with Crippen LogP contribution in [0.2, 0.25) is 0 Å². The average molecular weight is 387 g/mol. The van der Waals surface area contributed by atoms with Crippen molar-refractivity contribution in [1.82, 2.24) is 9.78 Å². The summed E-state index contributed by atoms with van der Waals surface area (Å²) in [6.45, 7) is 4.37. The SMILES string of the molecule is CC(C)Cc1c(-c2cc(Br)ccc2Br)nn(C)c1N. The van der Waals surface area contributed by atoms with Gasteiger partial charge in [-0.05, 0) is 30.5 Å². The van der Waals surface area contributed by atoms with Crippen molar-refractivity contribution in [3.05, 3.63) is 32.7 Å². The lowest BCUT2D eigenvalue weighted by molar-refractivity contribution is 0.648. The molecule has 0 radical (unpaired) electrons. The fraction of sp³-hybridized carbons (Fsp3) is 0.357.